The molecule has 1 N–H and O–H groups in total. The van der Waals surface area contributed by atoms with Gasteiger partial charge in [-0.25, -0.2) is 0 Å². The summed E-state index contributed by atoms with van der Waals surface area (Å²) < 4.78 is 2.17. The van der Waals surface area contributed by atoms with Gasteiger partial charge < -0.3 is 14.8 Å². The van der Waals surface area contributed by atoms with Crippen molar-refractivity contribution >= 4 is 17.3 Å². The first-order valence-electron chi connectivity index (χ1n) is 10.00. The zero-order valence-electron chi connectivity index (χ0n) is 16.9. The molecule has 3 rings (SSSR count). The lowest BCUT2D eigenvalue weighted by Crippen LogP contribution is -2.39. The summed E-state index contributed by atoms with van der Waals surface area (Å²) >= 11 is 1.86. The third kappa shape index (κ3) is 5.84. The number of nitrogens with one attached hydrogen (secondary N) is 1. The Kier molecular flexibility index (Phi) is 7.35. The highest BCUT2D eigenvalue weighted by Gasteiger charge is 2.19. The van der Waals surface area contributed by atoms with Crippen molar-refractivity contribution in [2.45, 2.75) is 32.9 Å². The smallest absolute Gasteiger partial charge is 0.194 e. The standard InChI is InChI=1S/C21H33N5S/c1-4-22-21(25(3)16-19-7-5-11-24(19)2)23-15-18-9-12-26(13-10-18)17-20-8-6-14-27-20/h5-8,11,14,18H,4,9-10,12-13,15-17H2,1-3H3,(H,22,23). The number of hydrogen-bond donors (Lipinski definition) is 1. The number of piperidine rings is 1. The molecule has 148 valence electrons. The zero-order valence-corrected chi connectivity index (χ0v) is 17.7. The van der Waals surface area contributed by atoms with Crippen LogP contribution in [0.25, 0.3) is 0 Å². The predicted octanol–water partition coefficient (Wildman–Crippen LogP) is 3.40. The number of guanidine groups is 1. The molecule has 1 aliphatic heterocycles. The van der Waals surface area contributed by atoms with Crippen LogP contribution in [0.4, 0.5) is 0 Å². The maximum absolute atomic E-state index is 4.95. The van der Waals surface area contributed by atoms with Gasteiger partial charge in [0.1, 0.15) is 0 Å². The molecule has 0 amide bonds. The van der Waals surface area contributed by atoms with Crippen LogP contribution in [0.2, 0.25) is 0 Å². The minimum Gasteiger partial charge on any atom is -0.357 e. The van der Waals surface area contributed by atoms with E-state index in [-0.39, 0.29) is 0 Å². The fourth-order valence-electron chi connectivity index (χ4n) is 3.61. The van der Waals surface area contributed by atoms with E-state index in [1.807, 2.05) is 11.3 Å². The van der Waals surface area contributed by atoms with E-state index in [1.165, 1.54) is 36.5 Å². The molecule has 3 heterocycles. The van der Waals surface area contributed by atoms with Gasteiger partial charge in [0.2, 0.25) is 0 Å². The van der Waals surface area contributed by atoms with Crippen LogP contribution in [-0.2, 0) is 20.1 Å². The second-order valence-corrected chi connectivity index (χ2v) is 8.49. The average molecular weight is 388 g/mol. The van der Waals surface area contributed by atoms with Gasteiger partial charge in [0, 0.05) is 50.5 Å². The minimum atomic E-state index is 0.696. The molecule has 27 heavy (non-hydrogen) atoms. The molecule has 1 fully saturated rings. The van der Waals surface area contributed by atoms with Crippen molar-refractivity contribution < 1.29 is 0 Å². The summed E-state index contributed by atoms with van der Waals surface area (Å²) in [6.07, 6.45) is 4.59. The van der Waals surface area contributed by atoms with E-state index in [0.717, 1.165) is 32.1 Å². The van der Waals surface area contributed by atoms with Crippen LogP contribution >= 0.6 is 11.3 Å². The second-order valence-electron chi connectivity index (χ2n) is 7.46. The average Bonchev–Trinajstić information content (AvgIpc) is 3.32. The predicted molar refractivity (Wildman–Crippen MR) is 115 cm³/mol. The zero-order chi connectivity index (χ0) is 19.1. The molecule has 6 heteroatoms. The number of aryl methyl sites for hydroxylation is 1. The van der Waals surface area contributed by atoms with E-state index < -0.39 is 0 Å². The number of hydrogen-bond acceptors (Lipinski definition) is 3. The van der Waals surface area contributed by atoms with Gasteiger partial charge in [0.15, 0.2) is 5.96 Å². The van der Waals surface area contributed by atoms with Crippen LogP contribution in [0.1, 0.15) is 30.3 Å². The fourth-order valence-corrected chi connectivity index (χ4v) is 4.36. The van der Waals surface area contributed by atoms with Gasteiger partial charge in [-0.1, -0.05) is 6.07 Å². The summed E-state index contributed by atoms with van der Waals surface area (Å²) in [5.74, 6) is 1.71. The molecule has 0 bridgehead atoms. The molecular formula is C21H33N5S. The van der Waals surface area contributed by atoms with Crippen molar-refractivity contribution in [1.29, 1.82) is 0 Å². The number of aliphatic imine (C=N–C) groups is 1. The lowest BCUT2D eigenvalue weighted by molar-refractivity contribution is 0.182. The van der Waals surface area contributed by atoms with E-state index in [0.29, 0.717) is 5.92 Å². The van der Waals surface area contributed by atoms with Crippen LogP contribution in [0.15, 0.2) is 40.8 Å². The molecule has 1 saturated heterocycles. The van der Waals surface area contributed by atoms with E-state index in [9.17, 15) is 0 Å². The van der Waals surface area contributed by atoms with Gasteiger partial charge in [-0.15, -0.1) is 11.3 Å². The first-order chi connectivity index (χ1) is 13.2. The number of nitrogens with zero attached hydrogens (tertiary/aromatic N) is 4. The Morgan fingerprint density at radius 2 is 2.11 bits per heavy atom. The van der Waals surface area contributed by atoms with E-state index in [1.54, 1.807) is 0 Å². The Morgan fingerprint density at radius 1 is 1.30 bits per heavy atom. The Hall–Kier alpha value is -1.79. The second kappa shape index (κ2) is 9.95. The topological polar surface area (TPSA) is 35.8 Å². The highest BCUT2D eigenvalue weighted by atomic mass is 32.1. The lowest BCUT2D eigenvalue weighted by atomic mass is 9.97. The third-order valence-corrected chi connectivity index (χ3v) is 6.17. The summed E-state index contributed by atoms with van der Waals surface area (Å²) in [4.78, 5) is 11.2. The van der Waals surface area contributed by atoms with Crippen molar-refractivity contribution in [2.75, 3.05) is 33.2 Å². The van der Waals surface area contributed by atoms with E-state index >= 15 is 0 Å². The van der Waals surface area contributed by atoms with Gasteiger partial charge in [-0.2, -0.15) is 0 Å². The summed E-state index contributed by atoms with van der Waals surface area (Å²) in [6.45, 7) is 8.31. The number of likely N-dealkylation sites (tertiary alicyclic amines) is 1. The van der Waals surface area contributed by atoms with Gasteiger partial charge in [-0.3, -0.25) is 9.89 Å². The molecule has 0 aromatic carbocycles. The monoisotopic (exact) mass is 387 g/mol. The number of thiophene rings is 1. The minimum absolute atomic E-state index is 0.696. The van der Waals surface area contributed by atoms with Crippen molar-refractivity contribution in [3.05, 3.63) is 46.4 Å². The largest absolute Gasteiger partial charge is 0.357 e. The molecule has 0 aliphatic carbocycles. The molecule has 1 aliphatic rings. The van der Waals surface area contributed by atoms with Crippen molar-refractivity contribution in [1.82, 2.24) is 19.7 Å². The number of rotatable bonds is 7. The molecule has 2 aromatic heterocycles. The van der Waals surface area contributed by atoms with Crippen LogP contribution in [0.5, 0.6) is 0 Å². The van der Waals surface area contributed by atoms with Crippen LogP contribution < -0.4 is 5.32 Å². The van der Waals surface area contributed by atoms with Crippen molar-refractivity contribution in [3.63, 3.8) is 0 Å². The van der Waals surface area contributed by atoms with Gasteiger partial charge in [0.25, 0.3) is 0 Å². The molecule has 0 atom stereocenters. The Morgan fingerprint density at radius 3 is 2.74 bits per heavy atom. The third-order valence-electron chi connectivity index (χ3n) is 5.31. The van der Waals surface area contributed by atoms with E-state index in [4.69, 9.17) is 4.99 Å². The maximum Gasteiger partial charge on any atom is 0.194 e. The normalized spacial score (nSPS) is 16.6. The Labute approximate surface area is 167 Å². The quantitative estimate of drug-likeness (QED) is 0.584. The van der Waals surface area contributed by atoms with Crippen molar-refractivity contribution in [2.24, 2.45) is 18.0 Å². The van der Waals surface area contributed by atoms with Crippen LogP contribution in [-0.4, -0.2) is 53.6 Å². The van der Waals surface area contributed by atoms with Gasteiger partial charge in [0.05, 0.1) is 6.54 Å². The van der Waals surface area contributed by atoms with Crippen LogP contribution in [0.3, 0.4) is 0 Å². The highest BCUT2D eigenvalue weighted by Crippen LogP contribution is 2.21. The molecule has 5 nitrogen and oxygen atoms in total. The lowest BCUT2D eigenvalue weighted by Gasteiger charge is -2.31. The summed E-state index contributed by atoms with van der Waals surface area (Å²) in [5, 5.41) is 5.62. The maximum atomic E-state index is 4.95. The molecule has 0 spiro atoms. The SMILES string of the molecule is CCNC(=NCC1CCN(Cc2cccs2)CC1)N(C)Cc1cccn1C. The van der Waals surface area contributed by atoms with Crippen molar-refractivity contribution in [3.8, 4) is 0 Å². The van der Waals surface area contributed by atoms with Gasteiger partial charge >= 0.3 is 0 Å². The molecular weight excluding hydrogens is 354 g/mol. The molecule has 2 aromatic rings. The summed E-state index contributed by atoms with van der Waals surface area (Å²) in [5.41, 5.74) is 1.30. The highest BCUT2D eigenvalue weighted by molar-refractivity contribution is 7.09. The first kappa shape index (κ1) is 20.0. The Balaban J connectivity index is 1.49. The van der Waals surface area contributed by atoms with E-state index in [2.05, 4.69) is 76.5 Å². The molecule has 0 unspecified atom stereocenters. The van der Waals surface area contributed by atoms with Crippen LogP contribution in [0, 0.1) is 5.92 Å². The Bertz CT molecular complexity index is 698. The molecule has 0 radical (unpaired) electrons. The fraction of sp³-hybridized carbons (Fsp3) is 0.571. The first-order valence-corrected chi connectivity index (χ1v) is 10.9. The van der Waals surface area contributed by atoms with Gasteiger partial charge in [-0.05, 0) is 62.4 Å². The molecule has 0 saturated carbocycles. The summed E-state index contributed by atoms with van der Waals surface area (Å²) in [6, 6.07) is 8.66. The number of aromatic nitrogens is 1. The summed E-state index contributed by atoms with van der Waals surface area (Å²) in [7, 11) is 4.22.